The van der Waals surface area contributed by atoms with Crippen molar-refractivity contribution in [3.05, 3.63) is 52.2 Å². The summed E-state index contributed by atoms with van der Waals surface area (Å²) in [6.45, 7) is 2.39. The van der Waals surface area contributed by atoms with E-state index in [9.17, 15) is 9.59 Å². The highest BCUT2D eigenvalue weighted by Crippen LogP contribution is 2.30. The Morgan fingerprint density at radius 1 is 1.30 bits per heavy atom. The van der Waals surface area contributed by atoms with Crippen LogP contribution in [0.2, 0.25) is 0 Å². The van der Waals surface area contributed by atoms with E-state index < -0.39 is 0 Å². The minimum atomic E-state index is -0.297. The number of methoxy groups -OCH3 is 2. The highest BCUT2D eigenvalue weighted by Gasteiger charge is 2.15. The summed E-state index contributed by atoms with van der Waals surface area (Å²) >= 11 is 0. The van der Waals surface area contributed by atoms with Crippen LogP contribution in [0, 0.1) is 6.92 Å². The second-order valence-corrected chi connectivity index (χ2v) is 4.86. The van der Waals surface area contributed by atoms with Gasteiger partial charge in [0.1, 0.15) is 0 Å². The minimum Gasteiger partial charge on any atom is -0.493 e. The number of hydrogen-bond acceptors (Lipinski definition) is 5. The Balaban J connectivity index is 2.04. The number of rotatable bonds is 6. The molecule has 0 spiro atoms. The molecule has 0 aliphatic rings. The summed E-state index contributed by atoms with van der Waals surface area (Å²) in [4.78, 5) is 28.1. The largest absolute Gasteiger partial charge is 0.493 e. The van der Waals surface area contributed by atoms with Gasteiger partial charge < -0.3 is 14.8 Å². The van der Waals surface area contributed by atoms with Crippen molar-refractivity contribution >= 4 is 5.91 Å². The number of para-hydroxylation sites is 1. The van der Waals surface area contributed by atoms with Crippen LogP contribution in [0.3, 0.4) is 0 Å². The molecule has 0 saturated carbocycles. The van der Waals surface area contributed by atoms with Crippen molar-refractivity contribution in [2.75, 3.05) is 20.8 Å². The second-order valence-electron chi connectivity index (χ2n) is 4.86. The van der Waals surface area contributed by atoms with Crippen LogP contribution in [0.4, 0.5) is 0 Å². The fourth-order valence-corrected chi connectivity index (χ4v) is 2.14. The molecule has 0 atom stereocenters. The van der Waals surface area contributed by atoms with Crippen molar-refractivity contribution in [1.82, 2.24) is 14.9 Å². The fourth-order valence-electron chi connectivity index (χ4n) is 2.14. The lowest BCUT2D eigenvalue weighted by molar-refractivity contribution is 0.0948. The summed E-state index contributed by atoms with van der Waals surface area (Å²) in [5.74, 6) is 0.564. The molecule has 0 aliphatic carbocycles. The van der Waals surface area contributed by atoms with Gasteiger partial charge in [0.2, 0.25) is 0 Å². The lowest BCUT2D eigenvalue weighted by Crippen LogP contribution is -2.31. The zero-order chi connectivity index (χ0) is 16.8. The maximum absolute atomic E-state index is 12.3. The number of aromatic nitrogens is 2. The minimum absolute atomic E-state index is 0.147. The molecule has 1 heterocycles. The van der Waals surface area contributed by atoms with E-state index in [1.165, 1.54) is 31.2 Å². The van der Waals surface area contributed by atoms with Gasteiger partial charge in [-0.1, -0.05) is 6.07 Å². The number of nitrogens with zero attached hydrogens (tertiary/aromatic N) is 2. The van der Waals surface area contributed by atoms with Crippen molar-refractivity contribution in [3.63, 3.8) is 0 Å². The van der Waals surface area contributed by atoms with Crippen molar-refractivity contribution in [1.29, 1.82) is 0 Å². The summed E-state index contributed by atoms with van der Waals surface area (Å²) in [6.07, 6.45) is 1.47. The molecule has 122 valence electrons. The summed E-state index contributed by atoms with van der Waals surface area (Å²) in [7, 11) is 2.99. The Kier molecular flexibility index (Phi) is 5.35. The van der Waals surface area contributed by atoms with Crippen LogP contribution in [-0.4, -0.2) is 36.2 Å². The first kappa shape index (κ1) is 16.5. The average molecular weight is 317 g/mol. The molecule has 0 radical (unpaired) electrons. The summed E-state index contributed by atoms with van der Waals surface area (Å²) in [6, 6.07) is 6.53. The van der Waals surface area contributed by atoms with Crippen molar-refractivity contribution in [3.8, 4) is 11.5 Å². The van der Waals surface area contributed by atoms with Gasteiger partial charge in [-0.15, -0.1) is 0 Å². The molecule has 1 aromatic carbocycles. The number of carbonyl (C=O) groups excluding carboxylic acids is 1. The molecule has 0 bridgehead atoms. The second kappa shape index (κ2) is 7.44. The highest BCUT2D eigenvalue weighted by atomic mass is 16.5. The molecule has 23 heavy (non-hydrogen) atoms. The lowest BCUT2D eigenvalue weighted by atomic mass is 10.1. The topological polar surface area (TPSA) is 82.5 Å². The molecular formula is C16H19N3O4. The van der Waals surface area contributed by atoms with E-state index in [1.807, 2.05) is 0 Å². The third-order valence-electron chi connectivity index (χ3n) is 3.30. The van der Waals surface area contributed by atoms with Crippen LogP contribution in [0.15, 0.2) is 35.4 Å². The SMILES string of the molecule is COc1cccc(C(=O)NCCn2cnc(C)cc2=O)c1OC. The van der Waals surface area contributed by atoms with Crippen LogP contribution in [0.25, 0.3) is 0 Å². The van der Waals surface area contributed by atoms with E-state index in [2.05, 4.69) is 10.3 Å². The molecule has 0 aliphatic heterocycles. The molecule has 0 saturated heterocycles. The number of hydrogen-bond donors (Lipinski definition) is 1. The quantitative estimate of drug-likeness (QED) is 0.859. The van der Waals surface area contributed by atoms with Gasteiger partial charge in [0, 0.05) is 24.8 Å². The van der Waals surface area contributed by atoms with Crippen LogP contribution in [-0.2, 0) is 6.54 Å². The van der Waals surface area contributed by atoms with Gasteiger partial charge in [0.25, 0.3) is 11.5 Å². The molecule has 1 aromatic heterocycles. The molecule has 1 amide bonds. The number of aryl methyl sites for hydroxylation is 1. The zero-order valence-electron chi connectivity index (χ0n) is 13.3. The first-order chi connectivity index (χ1) is 11.1. The van der Waals surface area contributed by atoms with E-state index >= 15 is 0 Å². The van der Waals surface area contributed by atoms with Crippen molar-refractivity contribution in [2.45, 2.75) is 13.5 Å². The Morgan fingerprint density at radius 2 is 2.09 bits per heavy atom. The van der Waals surface area contributed by atoms with Crippen molar-refractivity contribution < 1.29 is 14.3 Å². The van der Waals surface area contributed by atoms with Gasteiger partial charge in [0.05, 0.1) is 26.1 Å². The van der Waals surface area contributed by atoms with Gasteiger partial charge in [-0.2, -0.15) is 0 Å². The third-order valence-corrected chi connectivity index (χ3v) is 3.30. The van der Waals surface area contributed by atoms with Gasteiger partial charge in [-0.25, -0.2) is 4.98 Å². The Hall–Kier alpha value is -2.83. The first-order valence-electron chi connectivity index (χ1n) is 7.09. The number of amides is 1. The van der Waals surface area contributed by atoms with Crippen LogP contribution < -0.4 is 20.3 Å². The Labute approximate surface area is 133 Å². The smallest absolute Gasteiger partial charge is 0.255 e. The monoisotopic (exact) mass is 317 g/mol. The molecule has 0 fully saturated rings. The van der Waals surface area contributed by atoms with E-state index in [1.54, 1.807) is 25.1 Å². The number of benzene rings is 1. The Bertz CT molecular complexity index is 755. The fraction of sp³-hybridized carbons (Fsp3) is 0.312. The highest BCUT2D eigenvalue weighted by molar-refractivity contribution is 5.97. The standard InChI is InChI=1S/C16H19N3O4/c1-11-9-14(20)19(10-18-11)8-7-17-16(21)12-5-4-6-13(22-2)15(12)23-3/h4-6,9-10H,7-8H2,1-3H3,(H,17,21). The molecule has 0 unspecified atom stereocenters. The predicted molar refractivity (Wildman–Crippen MR) is 85.1 cm³/mol. The van der Waals surface area contributed by atoms with E-state index in [-0.39, 0.29) is 11.5 Å². The molecule has 2 aromatic rings. The molecular weight excluding hydrogens is 298 g/mol. The summed E-state index contributed by atoms with van der Waals surface area (Å²) in [5.41, 5.74) is 0.892. The lowest BCUT2D eigenvalue weighted by Gasteiger charge is -2.12. The van der Waals surface area contributed by atoms with Gasteiger partial charge in [-0.3, -0.25) is 14.2 Å². The number of ether oxygens (including phenoxy) is 2. The van der Waals surface area contributed by atoms with Gasteiger partial charge >= 0.3 is 0 Å². The molecule has 7 nitrogen and oxygen atoms in total. The predicted octanol–water partition coefficient (Wildman–Crippen LogP) is 0.999. The average Bonchev–Trinajstić information content (AvgIpc) is 2.55. The molecule has 1 N–H and O–H groups in total. The maximum Gasteiger partial charge on any atom is 0.255 e. The van der Waals surface area contributed by atoms with Crippen LogP contribution in [0.1, 0.15) is 16.1 Å². The normalized spacial score (nSPS) is 10.2. The zero-order valence-corrected chi connectivity index (χ0v) is 13.3. The van der Waals surface area contributed by atoms with Crippen LogP contribution in [0.5, 0.6) is 11.5 Å². The van der Waals surface area contributed by atoms with E-state index in [0.717, 1.165) is 0 Å². The summed E-state index contributed by atoms with van der Waals surface area (Å²) in [5, 5.41) is 2.75. The van der Waals surface area contributed by atoms with E-state index in [4.69, 9.17) is 9.47 Å². The van der Waals surface area contributed by atoms with Crippen LogP contribution >= 0.6 is 0 Å². The first-order valence-corrected chi connectivity index (χ1v) is 7.09. The van der Waals surface area contributed by atoms with Gasteiger partial charge in [0.15, 0.2) is 11.5 Å². The number of carbonyl (C=O) groups is 1. The Morgan fingerprint density at radius 3 is 2.74 bits per heavy atom. The van der Waals surface area contributed by atoms with E-state index in [0.29, 0.717) is 35.8 Å². The third kappa shape index (κ3) is 3.88. The summed E-state index contributed by atoms with van der Waals surface area (Å²) < 4.78 is 11.8. The van der Waals surface area contributed by atoms with Crippen molar-refractivity contribution in [2.24, 2.45) is 0 Å². The van der Waals surface area contributed by atoms with Gasteiger partial charge in [-0.05, 0) is 19.1 Å². The number of nitrogens with one attached hydrogen (secondary N) is 1. The maximum atomic E-state index is 12.3. The molecule has 7 heteroatoms. The molecule has 2 rings (SSSR count).